The maximum atomic E-state index is 12.5. The van der Waals surface area contributed by atoms with Crippen LogP contribution in [0.1, 0.15) is 28.5 Å². The summed E-state index contributed by atoms with van der Waals surface area (Å²) in [6.45, 7) is 3.56. The molecule has 0 amide bonds. The lowest BCUT2D eigenvalue weighted by atomic mass is 9.99. The van der Waals surface area contributed by atoms with Gasteiger partial charge in [-0.15, -0.1) is 0 Å². The van der Waals surface area contributed by atoms with Crippen molar-refractivity contribution in [3.05, 3.63) is 89.6 Å². The van der Waals surface area contributed by atoms with Crippen LogP contribution in [0.15, 0.2) is 72.8 Å². The van der Waals surface area contributed by atoms with Crippen LogP contribution < -0.4 is 4.74 Å². The van der Waals surface area contributed by atoms with Gasteiger partial charge in [-0.25, -0.2) is 4.79 Å². The number of hydrogen-bond acceptors (Lipinski definition) is 3. The normalized spacial score (nSPS) is 10.9. The van der Waals surface area contributed by atoms with Crippen molar-refractivity contribution in [2.75, 3.05) is 6.61 Å². The number of ketones is 1. The van der Waals surface area contributed by atoms with E-state index in [4.69, 9.17) is 9.84 Å². The van der Waals surface area contributed by atoms with Gasteiger partial charge in [0, 0.05) is 17.8 Å². The van der Waals surface area contributed by atoms with E-state index in [-0.39, 0.29) is 5.78 Å². The topological polar surface area (TPSA) is 68.5 Å². The van der Waals surface area contributed by atoms with Gasteiger partial charge in [-0.1, -0.05) is 60.7 Å². The van der Waals surface area contributed by atoms with Crippen LogP contribution in [0.25, 0.3) is 22.0 Å². The third-order valence-electron chi connectivity index (χ3n) is 5.45. The van der Waals surface area contributed by atoms with Crippen molar-refractivity contribution in [2.24, 2.45) is 0 Å². The molecular weight excluding hydrogens is 390 g/mol. The SMILES string of the molecule is CC(=O)c1c(C)n(Cc2ccccc2-c2ccccc2)c2cccc(OCC(=O)O)c12. The smallest absolute Gasteiger partial charge is 0.341 e. The van der Waals surface area contributed by atoms with Crippen LogP contribution in [0, 0.1) is 6.92 Å². The Balaban J connectivity index is 1.87. The number of carboxylic acids is 1. The second kappa shape index (κ2) is 8.48. The Morgan fingerprint density at radius 2 is 1.65 bits per heavy atom. The number of aromatic nitrogens is 1. The molecule has 156 valence electrons. The average Bonchev–Trinajstić information content (AvgIpc) is 3.05. The Morgan fingerprint density at radius 1 is 0.935 bits per heavy atom. The van der Waals surface area contributed by atoms with Crippen LogP contribution in [-0.4, -0.2) is 28.0 Å². The molecule has 0 aliphatic rings. The summed E-state index contributed by atoms with van der Waals surface area (Å²) in [4.78, 5) is 23.6. The van der Waals surface area contributed by atoms with E-state index in [1.165, 1.54) is 6.92 Å². The number of ether oxygens (including phenoxy) is 1. The van der Waals surface area contributed by atoms with Gasteiger partial charge in [-0.05, 0) is 42.7 Å². The summed E-state index contributed by atoms with van der Waals surface area (Å²) in [6.07, 6.45) is 0. The van der Waals surface area contributed by atoms with Crippen molar-refractivity contribution < 1.29 is 19.4 Å². The molecule has 0 bridgehead atoms. The fraction of sp³-hybridized carbons (Fsp3) is 0.154. The predicted molar refractivity (Wildman–Crippen MR) is 121 cm³/mol. The predicted octanol–water partition coefficient (Wildman–Crippen LogP) is 5.33. The van der Waals surface area contributed by atoms with Gasteiger partial charge in [0.25, 0.3) is 0 Å². The highest BCUT2D eigenvalue weighted by Gasteiger charge is 2.21. The molecule has 0 spiro atoms. The number of Topliss-reactive ketones (excluding diaryl/α,β-unsaturated/α-hetero) is 1. The molecule has 0 fully saturated rings. The number of nitrogens with zero attached hydrogens (tertiary/aromatic N) is 1. The average molecular weight is 413 g/mol. The molecule has 4 rings (SSSR count). The number of hydrogen-bond donors (Lipinski definition) is 1. The van der Waals surface area contributed by atoms with Gasteiger partial charge in [-0.2, -0.15) is 0 Å². The molecule has 5 heteroatoms. The van der Waals surface area contributed by atoms with E-state index >= 15 is 0 Å². The number of benzene rings is 3. The molecule has 0 saturated heterocycles. The van der Waals surface area contributed by atoms with Crippen molar-refractivity contribution in [3.8, 4) is 16.9 Å². The summed E-state index contributed by atoms with van der Waals surface area (Å²) >= 11 is 0. The number of carboxylic acid groups (broad SMARTS) is 1. The quantitative estimate of drug-likeness (QED) is 0.416. The maximum absolute atomic E-state index is 12.5. The largest absolute Gasteiger partial charge is 0.481 e. The summed E-state index contributed by atoms with van der Waals surface area (Å²) in [5.41, 5.74) is 5.62. The third kappa shape index (κ3) is 3.94. The molecule has 1 heterocycles. The molecule has 31 heavy (non-hydrogen) atoms. The van der Waals surface area contributed by atoms with Crippen LogP contribution in [0.3, 0.4) is 0 Å². The van der Waals surface area contributed by atoms with Gasteiger partial charge in [0.2, 0.25) is 0 Å². The monoisotopic (exact) mass is 413 g/mol. The first-order valence-electron chi connectivity index (χ1n) is 10.1. The molecule has 0 saturated carbocycles. The van der Waals surface area contributed by atoms with E-state index in [9.17, 15) is 9.59 Å². The van der Waals surface area contributed by atoms with E-state index in [2.05, 4.69) is 28.8 Å². The van der Waals surface area contributed by atoms with Crippen LogP contribution in [0.2, 0.25) is 0 Å². The minimum atomic E-state index is -1.06. The zero-order valence-corrected chi connectivity index (χ0v) is 17.5. The Labute approximate surface area is 180 Å². The summed E-state index contributed by atoms with van der Waals surface area (Å²) in [7, 11) is 0. The van der Waals surface area contributed by atoms with E-state index < -0.39 is 12.6 Å². The lowest BCUT2D eigenvalue weighted by Crippen LogP contribution is -2.09. The fourth-order valence-corrected chi connectivity index (χ4v) is 4.11. The minimum Gasteiger partial charge on any atom is -0.481 e. The second-order valence-electron chi connectivity index (χ2n) is 7.46. The molecule has 5 nitrogen and oxygen atoms in total. The third-order valence-corrected chi connectivity index (χ3v) is 5.45. The van der Waals surface area contributed by atoms with Gasteiger partial charge in [-0.3, -0.25) is 4.79 Å². The summed E-state index contributed by atoms with van der Waals surface area (Å²) in [5, 5.41) is 9.68. The van der Waals surface area contributed by atoms with Gasteiger partial charge in [0.15, 0.2) is 12.4 Å². The minimum absolute atomic E-state index is 0.0797. The van der Waals surface area contributed by atoms with Crippen molar-refractivity contribution in [1.29, 1.82) is 0 Å². The molecule has 0 aliphatic carbocycles. The van der Waals surface area contributed by atoms with E-state index in [1.54, 1.807) is 6.07 Å². The zero-order valence-electron chi connectivity index (χ0n) is 17.5. The fourth-order valence-electron chi connectivity index (χ4n) is 4.11. The van der Waals surface area contributed by atoms with Gasteiger partial charge in [0.05, 0.1) is 10.9 Å². The molecule has 4 aromatic rings. The lowest BCUT2D eigenvalue weighted by Gasteiger charge is -2.14. The number of rotatable bonds is 7. The number of aliphatic carboxylic acids is 1. The van der Waals surface area contributed by atoms with Crippen LogP contribution >= 0.6 is 0 Å². The van der Waals surface area contributed by atoms with E-state index in [0.29, 0.717) is 23.2 Å². The Kier molecular flexibility index (Phi) is 5.58. The number of carbonyl (C=O) groups is 2. The van der Waals surface area contributed by atoms with Gasteiger partial charge in [0.1, 0.15) is 5.75 Å². The molecule has 0 aliphatic heterocycles. The number of carbonyl (C=O) groups excluding carboxylic acids is 1. The van der Waals surface area contributed by atoms with Crippen LogP contribution in [0.5, 0.6) is 5.75 Å². The Bertz CT molecular complexity index is 1270. The van der Waals surface area contributed by atoms with Gasteiger partial charge >= 0.3 is 5.97 Å². The highest BCUT2D eigenvalue weighted by Crippen LogP contribution is 2.35. The first-order valence-corrected chi connectivity index (χ1v) is 10.1. The zero-order chi connectivity index (χ0) is 22.0. The van der Waals surface area contributed by atoms with E-state index in [1.807, 2.05) is 49.4 Å². The van der Waals surface area contributed by atoms with Crippen molar-refractivity contribution in [3.63, 3.8) is 0 Å². The molecule has 0 unspecified atom stereocenters. The highest BCUT2D eigenvalue weighted by atomic mass is 16.5. The van der Waals surface area contributed by atoms with Crippen molar-refractivity contribution in [2.45, 2.75) is 20.4 Å². The molecule has 0 atom stereocenters. The highest BCUT2D eigenvalue weighted by molar-refractivity contribution is 6.10. The molecular formula is C26H23NO4. The number of fused-ring (bicyclic) bond motifs is 1. The first kappa shape index (κ1) is 20.4. The van der Waals surface area contributed by atoms with Crippen LogP contribution in [-0.2, 0) is 11.3 Å². The first-order chi connectivity index (χ1) is 15.0. The summed E-state index contributed by atoms with van der Waals surface area (Å²) < 4.78 is 7.62. The molecule has 1 N–H and O–H groups in total. The standard InChI is InChI=1S/C26H23NO4/c1-17-25(18(2)28)26-22(13-8-14-23(26)31-16-24(29)30)27(17)15-20-11-6-7-12-21(20)19-9-4-3-5-10-19/h3-14H,15-16H2,1-2H3,(H,29,30). The van der Waals surface area contributed by atoms with Gasteiger partial charge < -0.3 is 14.4 Å². The van der Waals surface area contributed by atoms with Crippen molar-refractivity contribution in [1.82, 2.24) is 4.57 Å². The second-order valence-corrected chi connectivity index (χ2v) is 7.46. The lowest BCUT2D eigenvalue weighted by molar-refractivity contribution is -0.139. The molecule has 0 radical (unpaired) electrons. The Morgan fingerprint density at radius 3 is 2.35 bits per heavy atom. The maximum Gasteiger partial charge on any atom is 0.341 e. The van der Waals surface area contributed by atoms with Crippen molar-refractivity contribution >= 4 is 22.7 Å². The molecule has 3 aromatic carbocycles. The van der Waals surface area contributed by atoms with Crippen LogP contribution in [0.4, 0.5) is 0 Å². The molecule has 1 aromatic heterocycles. The Hall–Kier alpha value is -3.86. The van der Waals surface area contributed by atoms with E-state index in [0.717, 1.165) is 27.9 Å². The summed E-state index contributed by atoms with van der Waals surface area (Å²) in [5.74, 6) is -0.735. The summed E-state index contributed by atoms with van der Waals surface area (Å²) in [6, 6.07) is 23.9.